The average molecular weight is 606 g/mol. The van der Waals surface area contributed by atoms with E-state index < -0.39 is 0 Å². The first-order valence-electron chi connectivity index (χ1n) is 16.4. The lowest BCUT2D eigenvalue weighted by molar-refractivity contribution is 0.285. The molecule has 3 aromatic carbocycles. The Bertz CT molecular complexity index is 1220. The largest absolute Gasteiger partial charge is 0.310 e. The Balaban J connectivity index is 0.000000333. The fraction of sp³-hybridized carbons (Fsp3) is 0.550. The molecule has 4 heteroatoms. The zero-order valence-corrected chi connectivity index (χ0v) is 30.6. The normalized spacial score (nSPS) is 12.4. The summed E-state index contributed by atoms with van der Waals surface area (Å²) in [5.41, 5.74) is 7.93. The van der Waals surface area contributed by atoms with Crippen molar-refractivity contribution in [2.45, 2.75) is 113 Å². The fourth-order valence-corrected chi connectivity index (χ4v) is 4.47. The molecule has 0 spiro atoms. The monoisotopic (exact) mass is 606 g/mol. The van der Waals surface area contributed by atoms with Gasteiger partial charge in [-0.25, -0.2) is 4.39 Å². The Hall–Kier alpha value is -2.53. The molecule has 0 aromatic heterocycles. The van der Waals surface area contributed by atoms with Gasteiger partial charge in [0.05, 0.1) is 0 Å². The molecule has 1 atom stereocenters. The lowest BCUT2D eigenvalue weighted by Crippen LogP contribution is -2.37. The molecular weight excluding hydrogens is 541 g/mol. The zero-order chi connectivity index (χ0) is 33.6. The molecule has 0 radical (unpaired) electrons. The molecule has 0 heterocycles. The Kier molecular flexibility index (Phi) is 17.1. The maximum atomic E-state index is 13.4. The number of hydrogen-bond acceptors (Lipinski definition) is 3. The first-order valence-corrected chi connectivity index (χ1v) is 16.4. The van der Waals surface area contributed by atoms with Crippen LogP contribution in [0.3, 0.4) is 0 Å². The molecule has 3 nitrogen and oxygen atoms in total. The summed E-state index contributed by atoms with van der Waals surface area (Å²) in [5.74, 6) is 1.58. The standard InChI is InChI=1S/C16H27N.C12H18FN.C12H19N/c1-12(2)15-9-7-8-14(10-15)11-17-13(3)16(4,5)6;1-9(2)10-5-6-12(13)11(7-10)8-14(3)4;1-10(2)12-7-5-6-11(8-12)9-13(3)4/h7-10,12-13,17H,11H2,1-6H3;5-7,9H,8H2,1-4H3;5-8,10H,9H2,1-4H3/t13-;;/m1../s1. The van der Waals surface area contributed by atoms with Gasteiger partial charge in [0.15, 0.2) is 0 Å². The maximum Gasteiger partial charge on any atom is 0.127 e. The van der Waals surface area contributed by atoms with Gasteiger partial charge >= 0.3 is 0 Å². The molecule has 3 rings (SSSR count). The van der Waals surface area contributed by atoms with Crippen LogP contribution < -0.4 is 5.32 Å². The number of hydrogen-bond donors (Lipinski definition) is 1. The highest BCUT2D eigenvalue weighted by atomic mass is 19.1. The van der Waals surface area contributed by atoms with Crippen LogP contribution in [0.15, 0.2) is 66.7 Å². The van der Waals surface area contributed by atoms with Gasteiger partial charge in [-0.2, -0.15) is 0 Å². The summed E-state index contributed by atoms with van der Waals surface area (Å²) >= 11 is 0. The number of nitrogens with zero attached hydrogens (tertiary/aromatic N) is 2. The van der Waals surface area contributed by atoms with Crippen LogP contribution in [-0.4, -0.2) is 44.0 Å². The zero-order valence-electron chi connectivity index (χ0n) is 30.6. The second kappa shape index (κ2) is 19.1. The van der Waals surface area contributed by atoms with Crippen LogP contribution >= 0.6 is 0 Å². The third-order valence-electron chi connectivity index (χ3n) is 7.87. The first kappa shape index (κ1) is 39.5. The SMILES string of the molecule is CC(C)c1ccc(F)c(CN(C)C)c1.CC(C)c1cccc(CN(C)C)c1.CC(C)c1cccc(CN[C@H](C)C(C)(C)C)c1. The third kappa shape index (κ3) is 15.5. The van der Waals surface area contributed by atoms with Crippen LogP contribution in [-0.2, 0) is 19.6 Å². The lowest BCUT2D eigenvalue weighted by Gasteiger charge is -2.28. The number of nitrogens with one attached hydrogen (secondary N) is 1. The Labute approximate surface area is 271 Å². The third-order valence-corrected chi connectivity index (χ3v) is 7.87. The van der Waals surface area contributed by atoms with Crippen LogP contribution in [0.2, 0.25) is 0 Å². The molecule has 0 aliphatic rings. The molecular formula is C40H64FN3. The van der Waals surface area contributed by atoms with Crippen LogP contribution in [0.1, 0.15) is 120 Å². The van der Waals surface area contributed by atoms with Crippen LogP contribution in [0.4, 0.5) is 4.39 Å². The number of rotatable bonds is 10. The molecule has 3 aromatic rings. The molecule has 0 amide bonds. The molecule has 1 N–H and O–H groups in total. The van der Waals surface area contributed by atoms with Gasteiger partial charge in [-0.1, -0.05) is 123 Å². The second-order valence-corrected chi connectivity index (χ2v) is 14.7. The molecule has 0 saturated heterocycles. The minimum Gasteiger partial charge on any atom is -0.310 e. The van der Waals surface area contributed by atoms with Crippen molar-refractivity contribution in [1.82, 2.24) is 15.1 Å². The van der Waals surface area contributed by atoms with Crippen LogP contribution in [0.25, 0.3) is 0 Å². The van der Waals surface area contributed by atoms with E-state index in [1.165, 1.54) is 27.8 Å². The van der Waals surface area contributed by atoms with Crippen molar-refractivity contribution in [2.75, 3.05) is 28.2 Å². The van der Waals surface area contributed by atoms with Gasteiger partial charge in [-0.3, -0.25) is 0 Å². The summed E-state index contributed by atoms with van der Waals surface area (Å²) in [6.45, 7) is 24.9. The van der Waals surface area contributed by atoms with Crippen LogP contribution in [0, 0.1) is 11.2 Å². The van der Waals surface area contributed by atoms with Crippen molar-refractivity contribution in [3.63, 3.8) is 0 Å². The highest BCUT2D eigenvalue weighted by Crippen LogP contribution is 2.21. The van der Waals surface area contributed by atoms with E-state index in [-0.39, 0.29) is 5.82 Å². The van der Waals surface area contributed by atoms with Crippen molar-refractivity contribution >= 4 is 0 Å². The van der Waals surface area contributed by atoms with Crippen molar-refractivity contribution in [2.24, 2.45) is 5.41 Å². The summed E-state index contributed by atoms with van der Waals surface area (Å²) in [7, 11) is 8.09. The predicted octanol–water partition coefficient (Wildman–Crippen LogP) is 10.2. The highest BCUT2D eigenvalue weighted by molar-refractivity contribution is 5.28. The van der Waals surface area contributed by atoms with Crippen molar-refractivity contribution in [1.29, 1.82) is 0 Å². The summed E-state index contributed by atoms with van der Waals surface area (Å²) in [6, 6.07) is 23.6. The predicted molar refractivity (Wildman–Crippen MR) is 192 cm³/mol. The van der Waals surface area contributed by atoms with E-state index in [9.17, 15) is 4.39 Å². The molecule has 0 bridgehead atoms. The molecule has 0 saturated carbocycles. The van der Waals surface area contributed by atoms with Gasteiger partial charge in [-0.05, 0) is 92.2 Å². The summed E-state index contributed by atoms with van der Waals surface area (Å²) < 4.78 is 13.4. The molecule has 0 unspecified atom stereocenters. The topological polar surface area (TPSA) is 18.5 Å². The molecule has 0 aliphatic heterocycles. The van der Waals surface area contributed by atoms with Crippen molar-refractivity contribution in [3.8, 4) is 0 Å². The lowest BCUT2D eigenvalue weighted by atomic mass is 9.88. The number of halogens is 1. The van der Waals surface area contributed by atoms with E-state index >= 15 is 0 Å². The van der Waals surface area contributed by atoms with E-state index in [2.05, 4.69) is 142 Å². The highest BCUT2D eigenvalue weighted by Gasteiger charge is 2.19. The summed E-state index contributed by atoms with van der Waals surface area (Å²) in [5, 5.41) is 3.60. The quantitative estimate of drug-likeness (QED) is 0.248. The van der Waals surface area contributed by atoms with Crippen molar-refractivity contribution in [3.05, 3.63) is 106 Å². The van der Waals surface area contributed by atoms with E-state index in [1.807, 2.05) is 31.1 Å². The van der Waals surface area contributed by atoms with Crippen LogP contribution in [0.5, 0.6) is 0 Å². The van der Waals surface area contributed by atoms with Gasteiger partial charge in [0.1, 0.15) is 5.82 Å². The van der Waals surface area contributed by atoms with Gasteiger partial charge in [0, 0.05) is 31.2 Å². The summed E-state index contributed by atoms with van der Waals surface area (Å²) in [4.78, 5) is 4.17. The molecule has 0 aliphatic carbocycles. The van der Waals surface area contributed by atoms with Crippen molar-refractivity contribution < 1.29 is 4.39 Å². The van der Waals surface area contributed by atoms with E-state index in [4.69, 9.17) is 0 Å². The molecule has 246 valence electrons. The summed E-state index contributed by atoms with van der Waals surface area (Å²) in [6.07, 6.45) is 0. The Morgan fingerprint density at radius 2 is 1.07 bits per heavy atom. The van der Waals surface area contributed by atoms with Gasteiger partial charge in [-0.15, -0.1) is 0 Å². The fourth-order valence-electron chi connectivity index (χ4n) is 4.47. The average Bonchev–Trinajstić information content (AvgIpc) is 2.92. The van der Waals surface area contributed by atoms with Gasteiger partial charge in [0.2, 0.25) is 0 Å². The van der Waals surface area contributed by atoms with E-state index in [1.54, 1.807) is 6.07 Å². The Morgan fingerprint density at radius 3 is 1.52 bits per heavy atom. The van der Waals surface area contributed by atoms with Gasteiger partial charge in [0.25, 0.3) is 0 Å². The van der Waals surface area contributed by atoms with E-state index in [0.29, 0.717) is 35.8 Å². The molecule has 44 heavy (non-hydrogen) atoms. The minimum absolute atomic E-state index is 0.108. The second-order valence-electron chi connectivity index (χ2n) is 14.7. The van der Waals surface area contributed by atoms with Gasteiger partial charge < -0.3 is 15.1 Å². The maximum absolute atomic E-state index is 13.4. The Morgan fingerprint density at radius 1 is 0.614 bits per heavy atom. The molecule has 0 fully saturated rings. The minimum atomic E-state index is -0.108. The van der Waals surface area contributed by atoms with E-state index in [0.717, 1.165) is 18.7 Å². The smallest absolute Gasteiger partial charge is 0.127 e. The first-order chi connectivity index (χ1) is 20.4. The number of benzene rings is 3.